The summed E-state index contributed by atoms with van der Waals surface area (Å²) in [4.78, 5) is 22.2. The fraction of sp³-hybridized carbons (Fsp3) is 0.111. The number of hydrogen-bond donors (Lipinski definition) is 1. The van der Waals surface area contributed by atoms with Gasteiger partial charge in [0.1, 0.15) is 18.1 Å². The molecule has 132 valence electrons. The number of carboxylic acid groups (broad SMARTS) is 1. The summed E-state index contributed by atoms with van der Waals surface area (Å²) in [6.07, 6.45) is 1.32. The lowest BCUT2D eigenvalue weighted by Gasteiger charge is -2.09. The van der Waals surface area contributed by atoms with Crippen molar-refractivity contribution >= 4 is 18.1 Å². The molecule has 0 bridgehead atoms. The number of para-hydroxylation sites is 1. The predicted molar refractivity (Wildman–Crippen MR) is 89.3 cm³/mol. The number of carboxylic acids is 1. The number of nitrogens with one attached hydrogen (secondary N) is 1. The van der Waals surface area contributed by atoms with E-state index in [1.807, 2.05) is 6.07 Å². The molecule has 2 aromatic carbocycles. The number of ether oxygens (including phenoxy) is 2. The zero-order chi connectivity index (χ0) is 18.8. The normalized spacial score (nSPS) is 10.1. The Morgan fingerprint density at radius 1 is 1.12 bits per heavy atom. The third-order valence-corrected chi connectivity index (χ3v) is 3.01. The van der Waals surface area contributed by atoms with Crippen molar-refractivity contribution in [2.75, 3.05) is 13.2 Å². The van der Waals surface area contributed by atoms with Gasteiger partial charge in [-0.1, -0.05) is 12.1 Å². The minimum Gasteiger partial charge on any atom is -0.546 e. The summed E-state index contributed by atoms with van der Waals surface area (Å²) in [5, 5.41) is 22.9. The minimum atomic E-state index is -1.34. The van der Waals surface area contributed by atoms with Gasteiger partial charge in [0.15, 0.2) is 6.61 Å². The van der Waals surface area contributed by atoms with Gasteiger partial charge in [-0.3, -0.25) is 4.79 Å². The zero-order valence-electron chi connectivity index (χ0n) is 13.5. The Kier molecular flexibility index (Phi) is 6.71. The number of nitriles is 1. The van der Waals surface area contributed by atoms with Crippen LogP contribution in [0.15, 0.2) is 53.6 Å². The van der Waals surface area contributed by atoms with Crippen LogP contribution in [0.3, 0.4) is 0 Å². The number of nitrogens with zero attached hydrogens (tertiary/aromatic N) is 2. The molecule has 0 unspecified atom stereocenters. The predicted octanol–water partition coefficient (Wildman–Crippen LogP) is 0.216. The maximum absolute atomic E-state index is 11.7. The molecule has 1 amide bonds. The molecule has 0 heterocycles. The molecule has 0 atom stereocenters. The third-order valence-electron chi connectivity index (χ3n) is 3.01. The highest BCUT2D eigenvalue weighted by atomic mass is 16.5. The summed E-state index contributed by atoms with van der Waals surface area (Å²) in [7, 11) is 0. The second kappa shape index (κ2) is 9.44. The van der Waals surface area contributed by atoms with Crippen molar-refractivity contribution in [3.05, 3.63) is 59.7 Å². The number of benzene rings is 2. The van der Waals surface area contributed by atoms with E-state index in [4.69, 9.17) is 14.7 Å². The van der Waals surface area contributed by atoms with Crippen LogP contribution < -0.4 is 20.0 Å². The van der Waals surface area contributed by atoms with Crippen molar-refractivity contribution in [2.45, 2.75) is 0 Å². The van der Waals surface area contributed by atoms with Gasteiger partial charge in [0.25, 0.3) is 5.91 Å². The minimum absolute atomic E-state index is 0.258. The lowest BCUT2D eigenvalue weighted by molar-refractivity contribution is -0.307. The van der Waals surface area contributed by atoms with E-state index in [0.717, 1.165) is 0 Å². The van der Waals surface area contributed by atoms with Gasteiger partial charge in [-0.15, -0.1) is 0 Å². The topological polar surface area (TPSA) is 124 Å². The maximum Gasteiger partial charge on any atom is 0.277 e. The van der Waals surface area contributed by atoms with Crippen LogP contribution in [0.4, 0.5) is 0 Å². The molecule has 0 aliphatic carbocycles. The summed E-state index contributed by atoms with van der Waals surface area (Å²) in [5.74, 6) is -1.09. The van der Waals surface area contributed by atoms with E-state index in [1.165, 1.54) is 6.21 Å². The van der Waals surface area contributed by atoms with Gasteiger partial charge in [0.05, 0.1) is 23.8 Å². The van der Waals surface area contributed by atoms with Crippen LogP contribution in [0.25, 0.3) is 0 Å². The van der Waals surface area contributed by atoms with Gasteiger partial charge in [0.2, 0.25) is 0 Å². The molecule has 0 aliphatic heterocycles. The molecule has 0 radical (unpaired) electrons. The van der Waals surface area contributed by atoms with E-state index in [0.29, 0.717) is 22.6 Å². The van der Waals surface area contributed by atoms with Crippen LogP contribution in [0.1, 0.15) is 11.1 Å². The molecule has 0 aromatic heterocycles. The first-order valence-electron chi connectivity index (χ1n) is 7.45. The van der Waals surface area contributed by atoms with Crippen LogP contribution in [-0.4, -0.2) is 31.3 Å². The Morgan fingerprint density at radius 2 is 1.85 bits per heavy atom. The second-order valence-electron chi connectivity index (χ2n) is 4.92. The van der Waals surface area contributed by atoms with Crippen LogP contribution in [0, 0.1) is 11.3 Å². The van der Waals surface area contributed by atoms with Crippen molar-refractivity contribution < 1.29 is 24.2 Å². The summed E-state index contributed by atoms with van der Waals surface area (Å²) in [5.41, 5.74) is 3.26. The average molecular weight is 352 g/mol. The highest BCUT2D eigenvalue weighted by molar-refractivity contribution is 5.85. The smallest absolute Gasteiger partial charge is 0.277 e. The second-order valence-corrected chi connectivity index (χ2v) is 4.92. The van der Waals surface area contributed by atoms with Crippen molar-refractivity contribution in [1.82, 2.24) is 5.43 Å². The van der Waals surface area contributed by atoms with E-state index in [2.05, 4.69) is 10.5 Å². The highest BCUT2D eigenvalue weighted by Gasteiger charge is 2.03. The van der Waals surface area contributed by atoms with Crippen LogP contribution >= 0.6 is 0 Å². The quantitative estimate of drug-likeness (QED) is 0.535. The third kappa shape index (κ3) is 5.98. The molecular formula is C18H14N3O5-. The molecule has 2 aromatic rings. The number of amides is 1. The lowest BCUT2D eigenvalue weighted by Crippen LogP contribution is -2.29. The molecule has 8 heteroatoms. The van der Waals surface area contributed by atoms with E-state index >= 15 is 0 Å². The first-order chi connectivity index (χ1) is 12.6. The summed E-state index contributed by atoms with van der Waals surface area (Å²) in [6.45, 7) is -0.846. The van der Waals surface area contributed by atoms with Crippen molar-refractivity contribution in [3.8, 4) is 17.6 Å². The molecule has 1 N–H and O–H groups in total. The summed E-state index contributed by atoms with van der Waals surface area (Å²) >= 11 is 0. The van der Waals surface area contributed by atoms with E-state index in [1.54, 1.807) is 48.5 Å². The summed E-state index contributed by atoms with van der Waals surface area (Å²) in [6, 6.07) is 14.9. The number of aliphatic carboxylic acids is 1. The Hall–Kier alpha value is -3.86. The number of carbonyl (C=O) groups excluding carboxylic acids is 2. The molecule has 26 heavy (non-hydrogen) atoms. The SMILES string of the molecule is N#Cc1ccc(OCC(=O)N/N=C\c2ccccc2OCC(=O)[O-])cc1. The number of hydrazone groups is 1. The maximum atomic E-state index is 11.7. The Labute approximate surface area is 149 Å². The first-order valence-corrected chi connectivity index (χ1v) is 7.45. The Morgan fingerprint density at radius 3 is 2.54 bits per heavy atom. The number of hydrogen-bond acceptors (Lipinski definition) is 7. The largest absolute Gasteiger partial charge is 0.546 e. The standard InChI is InChI=1S/C18H15N3O5/c19-9-13-5-7-15(8-6-13)25-11-17(22)21-20-10-14-3-1-2-4-16(14)26-12-18(23)24/h1-8,10H,11-12H2,(H,21,22)(H,23,24)/p-1/b20-10-. The van der Waals surface area contributed by atoms with Crippen molar-refractivity contribution in [2.24, 2.45) is 5.10 Å². The Bertz CT molecular complexity index is 841. The monoisotopic (exact) mass is 352 g/mol. The molecule has 0 spiro atoms. The van der Waals surface area contributed by atoms with Crippen LogP contribution in [0.5, 0.6) is 11.5 Å². The average Bonchev–Trinajstić information content (AvgIpc) is 2.66. The van der Waals surface area contributed by atoms with Gasteiger partial charge in [-0.05, 0) is 36.4 Å². The van der Waals surface area contributed by atoms with E-state index < -0.39 is 18.5 Å². The molecule has 0 aliphatic rings. The zero-order valence-corrected chi connectivity index (χ0v) is 13.5. The van der Waals surface area contributed by atoms with Crippen molar-refractivity contribution in [1.29, 1.82) is 5.26 Å². The van der Waals surface area contributed by atoms with Gasteiger partial charge < -0.3 is 19.4 Å². The van der Waals surface area contributed by atoms with Crippen LogP contribution in [-0.2, 0) is 9.59 Å². The highest BCUT2D eigenvalue weighted by Crippen LogP contribution is 2.15. The number of carbonyl (C=O) groups is 2. The molecular weight excluding hydrogens is 338 g/mol. The molecule has 0 fully saturated rings. The molecule has 0 saturated carbocycles. The van der Waals surface area contributed by atoms with Gasteiger partial charge in [-0.2, -0.15) is 10.4 Å². The molecule has 2 rings (SSSR count). The molecule has 0 saturated heterocycles. The lowest BCUT2D eigenvalue weighted by atomic mass is 10.2. The molecule has 8 nitrogen and oxygen atoms in total. The van der Waals surface area contributed by atoms with Gasteiger partial charge >= 0.3 is 0 Å². The van der Waals surface area contributed by atoms with Gasteiger partial charge in [0, 0.05) is 5.56 Å². The Balaban J connectivity index is 1.84. The fourth-order valence-corrected chi connectivity index (χ4v) is 1.84. The fourth-order valence-electron chi connectivity index (χ4n) is 1.84. The van der Waals surface area contributed by atoms with Crippen molar-refractivity contribution in [3.63, 3.8) is 0 Å². The van der Waals surface area contributed by atoms with Gasteiger partial charge in [-0.25, -0.2) is 5.43 Å². The first kappa shape index (κ1) is 18.5. The number of rotatable bonds is 8. The van der Waals surface area contributed by atoms with E-state index in [9.17, 15) is 14.7 Å². The van der Waals surface area contributed by atoms with E-state index in [-0.39, 0.29) is 6.61 Å². The summed E-state index contributed by atoms with van der Waals surface area (Å²) < 4.78 is 10.3. The van der Waals surface area contributed by atoms with Crippen LogP contribution in [0.2, 0.25) is 0 Å².